The fourth-order valence-electron chi connectivity index (χ4n) is 3.15. The van der Waals surface area contributed by atoms with Crippen molar-refractivity contribution in [3.63, 3.8) is 0 Å². The molecule has 5 nitrogen and oxygen atoms in total. The zero-order valence-electron chi connectivity index (χ0n) is 13.4. The van der Waals surface area contributed by atoms with Crippen molar-refractivity contribution in [2.45, 2.75) is 12.1 Å². The van der Waals surface area contributed by atoms with E-state index in [4.69, 9.17) is 4.74 Å². The van der Waals surface area contributed by atoms with E-state index in [1.165, 1.54) is 12.1 Å². The molecule has 0 aliphatic carbocycles. The van der Waals surface area contributed by atoms with Crippen molar-refractivity contribution >= 4 is 11.9 Å². The van der Waals surface area contributed by atoms with Crippen LogP contribution in [-0.4, -0.2) is 32.3 Å². The Morgan fingerprint density at radius 1 is 1.35 bits per heavy atom. The van der Waals surface area contributed by atoms with Crippen LogP contribution in [0.2, 0.25) is 0 Å². The van der Waals surface area contributed by atoms with Crippen molar-refractivity contribution in [2.24, 2.45) is 0 Å². The molecule has 0 bridgehead atoms. The number of allylic oxidation sites excluding steroid dienone is 1. The Bertz CT molecular complexity index is 841. The summed E-state index contributed by atoms with van der Waals surface area (Å²) in [5.41, 5.74) is -2.03. The number of benzene rings is 1. The number of hydrogen-bond acceptors (Lipinski definition) is 5. The minimum absolute atomic E-state index is 0.136. The van der Waals surface area contributed by atoms with Crippen LogP contribution in [0.1, 0.15) is 17.0 Å². The Hall–Kier alpha value is -2.84. The van der Waals surface area contributed by atoms with E-state index in [9.17, 15) is 27.2 Å². The van der Waals surface area contributed by atoms with Gasteiger partial charge in [-0.25, -0.2) is 14.0 Å². The zero-order chi connectivity index (χ0) is 19.1. The van der Waals surface area contributed by atoms with Gasteiger partial charge in [-0.3, -0.25) is 0 Å². The molecule has 1 N–H and O–H groups in total. The van der Waals surface area contributed by atoms with E-state index in [1.54, 1.807) is 0 Å². The van der Waals surface area contributed by atoms with Crippen LogP contribution in [-0.2, 0) is 25.2 Å². The zero-order valence-corrected chi connectivity index (χ0v) is 13.4. The lowest BCUT2D eigenvalue weighted by atomic mass is 9.79. The van der Waals surface area contributed by atoms with Crippen LogP contribution in [0.5, 0.6) is 0 Å². The molecule has 26 heavy (non-hydrogen) atoms. The van der Waals surface area contributed by atoms with Crippen molar-refractivity contribution in [1.82, 2.24) is 5.32 Å². The normalized spacial score (nSPS) is 19.9. The summed E-state index contributed by atoms with van der Waals surface area (Å²) in [6.07, 6.45) is -4.73. The van der Waals surface area contributed by atoms with E-state index in [1.807, 2.05) is 0 Å². The van der Waals surface area contributed by atoms with Crippen molar-refractivity contribution in [2.75, 3.05) is 20.4 Å². The Kier molecular flexibility index (Phi) is 4.47. The molecule has 138 valence electrons. The summed E-state index contributed by atoms with van der Waals surface area (Å²) in [5.74, 6) is -3.34. The fraction of sp³-hybridized carbons (Fsp3) is 0.294. The van der Waals surface area contributed by atoms with Crippen molar-refractivity contribution in [1.29, 1.82) is 0 Å². The molecule has 0 fully saturated rings. The lowest BCUT2D eigenvalue weighted by Gasteiger charge is -2.29. The molecule has 3 rings (SSSR count). The number of esters is 2. The van der Waals surface area contributed by atoms with Crippen LogP contribution in [0.25, 0.3) is 0 Å². The summed E-state index contributed by atoms with van der Waals surface area (Å²) in [7, 11) is 1.02. The van der Waals surface area contributed by atoms with Crippen LogP contribution in [0.3, 0.4) is 0 Å². The molecule has 0 spiro atoms. The molecule has 0 aromatic heterocycles. The summed E-state index contributed by atoms with van der Waals surface area (Å²) in [4.78, 5) is 24.4. The number of dihydropyridines is 1. The van der Waals surface area contributed by atoms with Crippen LogP contribution in [0, 0.1) is 0 Å². The smallest absolute Gasteiger partial charge is 0.416 e. The number of alkyl halides is 4. The molecule has 1 aromatic carbocycles. The minimum atomic E-state index is -4.73. The molecular formula is C17H13F4NO4. The predicted octanol–water partition coefficient (Wildman–Crippen LogP) is 2.60. The number of cyclic esters (lactones) is 1. The first-order chi connectivity index (χ1) is 12.3. The first-order valence-electron chi connectivity index (χ1n) is 7.50. The van der Waals surface area contributed by atoms with E-state index in [0.29, 0.717) is 0 Å². The number of carbonyl (C=O) groups excluding carboxylic acids is 2. The van der Waals surface area contributed by atoms with Gasteiger partial charge in [0, 0.05) is 0 Å². The maximum absolute atomic E-state index is 13.5. The highest BCUT2D eigenvalue weighted by atomic mass is 19.4. The molecule has 1 atom stereocenters. The highest BCUT2D eigenvalue weighted by molar-refractivity contribution is 6.01. The molecule has 0 amide bonds. The van der Waals surface area contributed by atoms with E-state index in [0.717, 1.165) is 19.2 Å². The fourth-order valence-corrected chi connectivity index (χ4v) is 3.15. The van der Waals surface area contributed by atoms with Gasteiger partial charge in [-0.15, -0.1) is 0 Å². The summed E-state index contributed by atoms with van der Waals surface area (Å²) in [6.45, 7) is -1.39. The summed E-state index contributed by atoms with van der Waals surface area (Å²) in [5, 5.41) is 2.58. The first-order valence-corrected chi connectivity index (χ1v) is 7.50. The molecule has 0 radical (unpaired) electrons. The average Bonchev–Trinajstić information content (AvgIpc) is 2.99. The average molecular weight is 371 g/mol. The van der Waals surface area contributed by atoms with E-state index >= 15 is 0 Å². The molecule has 2 heterocycles. The number of carbonyl (C=O) groups is 2. The molecule has 2 aliphatic heterocycles. The van der Waals surface area contributed by atoms with Crippen LogP contribution < -0.4 is 5.32 Å². The van der Waals surface area contributed by atoms with Crippen LogP contribution >= 0.6 is 0 Å². The summed E-state index contributed by atoms with van der Waals surface area (Å²) >= 11 is 0. The SMILES string of the molecule is COC(=O)C1=C(CF)NC2=C(C(=O)OC2)[C@H]1c1ccccc1C(F)(F)F. The number of ether oxygens (including phenoxy) is 2. The molecule has 9 heteroatoms. The Balaban J connectivity index is 2.29. The Morgan fingerprint density at radius 2 is 2.04 bits per heavy atom. The third kappa shape index (κ3) is 2.83. The summed E-state index contributed by atoms with van der Waals surface area (Å²) in [6, 6.07) is 4.51. The lowest BCUT2D eigenvalue weighted by Crippen LogP contribution is -2.32. The number of methoxy groups -OCH3 is 1. The largest absolute Gasteiger partial charge is 0.466 e. The summed E-state index contributed by atoms with van der Waals surface area (Å²) < 4.78 is 63.4. The van der Waals surface area contributed by atoms with Crippen molar-refractivity contribution in [3.05, 3.63) is 57.9 Å². The van der Waals surface area contributed by atoms with Gasteiger partial charge in [-0.2, -0.15) is 13.2 Å². The van der Waals surface area contributed by atoms with Gasteiger partial charge < -0.3 is 14.8 Å². The van der Waals surface area contributed by atoms with E-state index < -0.39 is 36.3 Å². The molecular weight excluding hydrogens is 358 g/mol. The van der Waals surface area contributed by atoms with Crippen LogP contribution in [0.15, 0.2) is 46.8 Å². The quantitative estimate of drug-likeness (QED) is 0.654. The van der Waals surface area contributed by atoms with Crippen molar-refractivity contribution < 1.29 is 36.6 Å². The monoisotopic (exact) mass is 371 g/mol. The third-order valence-corrected chi connectivity index (χ3v) is 4.21. The van der Waals surface area contributed by atoms with Gasteiger partial charge in [0.25, 0.3) is 0 Å². The maximum atomic E-state index is 13.5. The number of rotatable bonds is 3. The molecule has 2 aliphatic rings. The predicted molar refractivity (Wildman–Crippen MR) is 80.3 cm³/mol. The van der Waals surface area contributed by atoms with E-state index in [2.05, 4.69) is 10.1 Å². The number of halogens is 4. The standard InChI is InChI=1S/C17H13F4NO4/c1-25-15(23)13-10(6-18)22-11-7-26-16(24)14(11)12(13)8-4-2-3-5-9(8)17(19,20)21/h2-5,12,22H,6-7H2,1H3/t12-/m0/s1. The van der Waals surface area contributed by atoms with Gasteiger partial charge in [-0.1, -0.05) is 18.2 Å². The van der Waals surface area contributed by atoms with Gasteiger partial charge in [-0.05, 0) is 11.6 Å². The molecule has 0 saturated heterocycles. The number of hydrogen-bond donors (Lipinski definition) is 1. The highest BCUT2D eigenvalue weighted by Gasteiger charge is 2.46. The van der Waals surface area contributed by atoms with Gasteiger partial charge in [0.2, 0.25) is 0 Å². The second-order valence-electron chi connectivity index (χ2n) is 5.63. The van der Waals surface area contributed by atoms with Gasteiger partial charge >= 0.3 is 18.1 Å². The van der Waals surface area contributed by atoms with Gasteiger partial charge in [0.05, 0.1) is 41.1 Å². The molecule has 1 aromatic rings. The third-order valence-electron chi connectivity index (χ3n) is 4.21. The maximum Gasteiger partial charge on any atom is 0.416 e. The number of nitrogens with one attached hydrogen (secondary N) is 1. The van der Waals surface area contributed by atoms with Crippen LogP contribution in [0.4, 0.5) is 17.6 Å². The second-order valence-corrected chi connectivity index (χ2v) is 5.63. The Labute approximate surface area is 145 Å². The molecule has 0 saturated carbocycles. The van der Waals surface area contributed by atoms with E-state index in [-0.39, 0.29) is 34.7 Å². The topological polar surface area (TPSA) is 64.6 Å². The molecule has 0 unspecified atom stereocenters. The van der Waals surface area contributed by atoms with Gasteiger partial charge in [0.15, 0.2) is 0 Å². The van der Waals surface area contributed by atoms with Crippen molar-refractivity contribution in [3.8, 4) is 0 Å². The lowest BCUT2D eigenvalue weighted by molar-refractivity contribution is -0.140. The highest BCUT2D eigenvalue weighted by Crippen LogP contribution is 2.45. The Morgan fingerprint density at radius 3 is 2.65 bits per heavy atom. The minimum Gasteiger partial charge on any atom is -0.466 e. The second kappa shape index (κ2) is 6.47. The first kappa shape index (κ1) is 18.0. The van der Waals surface area contributed by atoms with Gasteiger partial charge in [0.1, 0.15) is 13.3 Å².